The Morgan fingerprint density at radius 2 is 1.62 bits per heavy atom. The molecule has 0 aliphatic rings. The van der Waals surface area contributed by atoms with Gasteiger partial charge in [-0.1, -0.05) is 12.1 Å². The zero-order valence-corrected chi connectivity index (χ0v) is 12.2. The second-order valence-corrected chi connectivity index (χ2v) is 4.32. The van der Waals surface area contributed by atoms with E-state index >= 15 is 0 Å². The van der Waals surface area contributed by atoms with Crippen LogP contribution >= 0.6 is 0 Å². The Kier molecular flexibility index (Phi) is 5.21. The van der Waals surface area contributed by atoms with Crippen LogP contribution in [0.5, 0.6) is 17.2 Å². The van der Waals surface area contributed by atoms with Crippen LogP contribution in [0.2, 0.25) is 0 Å². The summed E-state index contributed by atoms with van der Waals surface area (Å²) in [5.74, 6) is 1.84. The van der Waals surface area contributed by atoms with Gasteiger partial charge in [-0.2, -0.15) is 0 Å². The van der Waals surface area contributed by atoms with E-state index in [0.717, 1.165) is 5.75 Å². The van der Waals surface area contributed by atoms with Gasteiger partial charge in [0.1, 0.15) is 17.2 Å². The molecule has 21 heavy (non-hydrogen) atoms. The Balaban J connectivity index is 2.01. The molecular weight excluding hydrogens is 268 g/mol. The largest absolute Gasteiger partial charge is 0.497 e. The summed E-state index contributed by atoms with van der Waals surface area (Å²) in [5.41, 5.74) is 0.535. The third-order valence-corrected chi connectivity index (χ3v) is 2.92. The number of ether oxygens (including phenoxy) is 3. The van der Waals surface area contributed by atoms with Crippen LogP contribution in [-0.2, 0) is 0 Å². The Morgan fingerprint density at radius 3 is 2.29 bits per heavy atom. The first-order chi connectivity index (χ1) is 10.2. The summed E-state index contributed by atoms with van der Waals surface area (Å²) in [6.07, 6.45) is 0. The van der Waals surface area contributed by atoms with Crippen molar-refractivity contribution >= 4 is 5.78 Å². The number of hydrogen-bond acceptors (Lipinski definition) is 4. The summed E-state index contributed by atoms with van der Waals surface area (Å²) in [6, 6.07) is 14.3. The summed E-state index contributed by atoms with van der Waals surface area (Å²) in [7, 11) is 1.60. The topological polar surface area (TPSA) is 44.8 Å². The van der Waals surface area contributed by atoms with E-state index in [1.54, 1.807) is 43.5 Å². The molecule has 0 aliphatic heterocycles. The van der Waals surface area contributed by atoms with E-state index in [1.807, 2.05) is 19.1 Å². The van der Waals surface area contributed by atoms with Crippen molar-refractivity contribution in [3.63, 3.8) is 0 Å². The molecule has 0 heterocycles. The number of carbonyl (C=O) groups excluding carboxylic acids is 1. The van der Waals surface area contributed by atoms with E-state index in [4.69, 9.17) is 14.2 Å². The van der Waals surface area contributed by atoms with Crippen molar-refractivity contribution < 1.29 is 19.0 Å². The lowest BCUT2D eigenvalue weighted by atomic mass is 10.1. The van der Waals surface area contributed by atoms with Gasteiger partial charge in [0.25, 0.3) is 0 Å². The first-order valence-corrected chi connectivity index (χ1v) is 6.76. The van der Waals surface area contributed by atoms with Crippen molar-refractivity contribution in [3.8, 4) is 17.2 Å². The Labute approximate surface area is 124 Å². The highest BCUT2D eigenvalue weighted by atomic mass is 16.5. The minimum atomic E-state index is -0.116. The van der Waals surface area contributed by atoms with Gasteiger partial charge in [0.15, 0.2) is 6.61 Å². The molecule has 0 spiro atoms. The molecular formula is C17H18O4. The maximum atomic E-state index is 12.2. The van der Waals surface area contributed by atoms with Crippen LogP contribution in [0.4, 0.5) is 0 Å². The standard InChI is InChI=1S/C17H18O4/c1-3-20-17-7-5-4-6-15(17)16(18)12-21-14-10-8-13(19-2)9-11-14/h4-11H,3,12H2,1-2H3. The molecule has 0 saturated carbocycles. The molecule has 2 aromatic carbocycles. The van der Waals surface area contributed by atoms with Crippen molar-refractivity contribution in [2.24, 2.45) is 0 Å². The lowest BCUT2D eigenvalue weighted by Crippen LogP contribution is -2.13. The summed E-state index contributed by atoms with van der Waals surface area (Å²) >= 11 is 0. The van der Waals surface area contributed by atoms with Gasteiger partial charge in [0.2, 0.25) is 5.78 Å². The Hall–Kier alpha value is -2.49. The van der Waals surface area contributed by atoms with E-state index in [0.29, 0.717) is 23.7 Å². The molecule has 0 saturated heterocycles. The number of Topliss-reactive ketones (excluding diaryl/α,β-unsaturated/α-hetero) is 1. The lowest BCUT2D eigenvalue weighted by molar-refractivity contribution is 0.0917. The van der Waals surface area contributed by atoms with Crippen molar-refractivity contribution in [1.29, 1.82) is 0 Å². The molecule has 0 bridgehead atoms. The number of rotatable bonds is 7. The number of ketones is 1. The minimum absolute atomic E-state index is 0.0313. The zero-order valence-electron chi connectivity index (χ0n) is 12.2. The molecule has 0 N–H and O–H groups in total. The van der Waals surface area contributed by atoms with Crippen LogP contribution in [0.3, 0.4) is 0 Å². The van der Waals surface area contributed by atoms with Crippen molar-refractivity contribution in [3.05, 3.63) is 54.1 Å². The Morgan fingerprint density at radius 1 is 0.952 bits per heavy atom. The minimum Gasteiger partial charge on any atom is -0.497 e. The molecule has 0 fully saturated rings. The smallest absolute Gasteiger partial charge is 0.203 e. The molecule has 4 nitrogen and oxygen atoms in total. The van der Waals surface area contributed by atoms with Crippen LogP contribution in [0.15, 0.2) is 48.5 Å². The van der Waals surface area contributed by atoms with Gasteiger partial charge in [-0.05, 0) is 43.3 Å². The second-order valence-electron chi connectivity index (χ2n) is 4.32. The van der Waals surface area contributed by atoms with Crippen LogP contribution in [-0.4, -0.2) is 26.1 Å². The molecule has 0 aliphatic carbocycles. The predicted molar refractivity (Wildman–Crippen MR) is 80.4 cm³/mol. The first kappa shape index (κ1) is 14.9. The molecule has 2 aromatic rings. The number of hydrogen-bond donors (Lipinski definition) is 0. The Bertz CT molecular complexity index is 590. The van der Waals surface area contributed by atoms with Crippen molar-refractivity contribution in [1.82, 2.24) is 0 Å². The van der Waals surface area contributed by atoms with Crippen LogP contribution in [0.25, 0.3) is 0 Å². The van der Waals surface area contributed by atoms with Crippen LogP contribution < -0.4 is 14.2 Å². The molecule has 0 unspecified atom stereocenters. The molecule has 0 amide bonds. The van der Waals surface area contributed by atoms with Gasteiger partial charge in [-0.25, -0.2) is 0 Å². The van der Waals surface area contributed by atoms with Gasteiger partial charge >= 0.3 is 0 Å². The van der Waals surface area contributed by atoms with Crippen LogP contribution in [0, 0.1) is 0 Å². The third kappa shape index (κ3) is 3.99. The fourth-order valence-corrected chi connectivity index (χ4v) is 1.88. The predicted octanol–water partition coefficient (Wildman–Crippen LogP) is 3.36. The average molecular weight is 286 g/mol. The van der Waals surface area contributed by atoms with Gasteiger partial charge in [0.05, 0.1) is 19.3 Å². The monoisotopic (exact) mass is 286 g/mol. The summed E-state index contributed by atoms with van der Waals surface area (Å²) < 4.78 is 16.0. The first-order valence-electron chi connectivity index (χ1n) is 6.76. The lowest BCUT2D eigenvalue weighted by Gasteiger charge is -2.10. The second kappa shape index (κ2) is 7.33. The molecule has 4 heteroatoms. The van der Waals surface area contributed by atoms with E-state index < -0.39 is 0 Å². The van der Waals surface area contributed by atoms with E-state index in [2.05, 4.69) is 0 Å². The number of methoxy groups -OCH3 is 1. The number of benzene rings is 2. The van der Waals surface area contributed by atoms with Crippen LogP contribution in [0.1, 0.15) is 17.3 Å². The van der Waals surface area contributed by atoms with E-state index in [9.17, 15) is 4.79 Å². The van der Waals surface area contributed by atoms with Crippen molar-refractivity contribution in [2.45, 2.75) is 6.92 Å². The van der Waals surface area contributed by atoms with Crippen molar-refractivity contribution in [2.75, 3.05) is 20.3 Å². The van der Waals surface area contributed by atoms with Gasteiger partial charge in [-0.15, -0.1) is 0 Å². The number of para-hydroxylation sites is 1. The normalized spacial score (nSPS) is 10.0. The molecule has 0 radical (unpaired) electrons. The van der Waals surface area contributed by atoms with E-state index in [-0.39, 0.29) is 12.4 Å². The maximum Gasteiger partial charge on any atom is 0.203 e. The van der Waals surface area contributed by atoms with Gasteiger partial charge in [0, 0.05) is 0 Å². The number of carbonyl (C=O) groups is 1. The van der Waals surface area contributed by atoms with Gasteiger partial charge < -0.3 is 14.2 Å². The highest BCUT2D eigenvalue weighted by molar-refractivity contribution is 5.99. The highest BCUT2D eigenvalue weighted by Gasteiger charge is 2.12. The average Bonchev–Trinajstić information content (AvgIpc) is 2.54. The molecule has 2 rings (SSSR count). The fraction of sp³-hybridized carbons (Fsp3) is 0.235. The molecule has 0 atom stereocenters. The zero-order chi connectivity index (χ0) is 15.1. The summed E-state index contributed by atoms with van der Waals surface area (Å²) in [4.78, 5) is 12.2. The summed E-state index contributed by atoms with van der Waals surface area (Å²) in [6.45, 7) is 2.37. The third-order valence-electron chi connectivity index (χ3n) is 2.92. The maximum absolute atomic E-state index is 12.2. The SMILES string of the molecule is CCOc1ccccc1C(=O)COc1ccc(OC)cc1. The van der Waals surface area contributed by atoms with Gasteiger partial charge in [-0.3, -0.25) is 4.79 Å². The highest BCUT2D eigenvalue weighted by Crippen LogP contribution is 2.20. The molecule has 110 valence electrons. The molecule has 0 aromatic heterocycles. The fourth-order valence-electron chi connectivity index (χ4n) is 1.88. The van der Waals surface area contributed by atoms with E-state index in [1.165, 1.54) is 0 Å². The summed E-state index contributed by atoms with van der Waals surface area (Å²) in [5, 5.41) is 0. The quantitative estimate of drug-likeness (QED) is 0.732.